The van der Waals surface area contributed by atoms with Crippen LogP contribution in [0.2, 0.25) is 0 Å². The summed E-state index contributed by atoms with van der Waals surface area (Å²) in [6, 6.07) is 12.8. The molecule has 2 amide bonds. The molecule has 2 atom stereocenters. The van der Waals surface area contributed by atoms with Crippen molar-refractivity contribution in [3.63, 3.8) is 0 Å². The van der Waals surface area contributed by atoms with Crippen molar-refractivity contribution in [2.75, 3.05) is 36.5 Å². The van der Waals surface area contributed by atoms with Gasteiger partial charge in [-0.3, -0.25) is 15.0 Å². The molecule has 2 unspecified atom stereocenters. The normalized spacial score (nSPS) is 18.7. The first-order valence-corrected chi connectivity index (χ1v) is 12.1. The van der Waals surface area contributed by atoms with Crippen LogP contribution in [0.1, 0.15) is 26.3 Å². The molecule has 2 aromatic carbocycles. The molecule has 4 N–H and O–H groups in total. The van der Waals surface area contributed by atoms with E-state index in [9.17, 15) is 9.59 Å². The lowest BCUT2D eigenvalue weighted by Gasteiger charge is -2.23. The molecular formula is C27H28N8O2. The van der Waals surface area contributed by atoms with Crippen molar-refractivity contribution in [2.24, 2.45) is 22.7 Å². The Morgan fingerprint density at radius 2 is 1.76 bits per heavy atom. The van der Waals surface area contributed by atoms with E-state index >= 15 is 0 Å². The zero-order chi connectivity index (χ0) is 25.9. The number of likely N-dealkylation sites (tertiary alicyclic amines) is 1. The Bertz CT molecular complexity index is 1360. The Morgan fingerprint density at radius 3 is 2.43 bits per heavy atom. The maximum Gasteiger partial charge on any atom is 0.256 e. The molecule has 2 saturated heterocycles. The van der Waals surface area contributed by atoms with Gasteiger partial charge in [-0.2, -0.15) is 5.10 Å². The highest BCUT2D eigenvalue weighted by Gasteiger charge is 2.42. The van der Waals surface area contributed by atoms with Crippen LogP contribution in [0.5, 0.6) is 0 Å². The van der Waals surface area contributed by atoms with Gasteiger partial charge in [0.2, 0.25) is 11.9 Å². The van der Waals surface area contributed by atoms with Crippen LogP contribution in [-0.4, -0.2) is 65.3 Å². The lowest BCUT2D eigenvalue weighted by atomic mass is 10.0. The highest BCUT2D eigenvalue weighted by molar-refractivity contribution is 6.14. The first kappa shape index (κ1) is 24.1. The van der Waals surface area contributed by atoms with Crippen molar-refractivity contribution in [1.29, 1.82) is 5.41 Å². The predicted octanol–water partition coefficient (Wildman–Crippen LogP) is 2.81. The minimum Gasteiger partial charge on any atom is -0.366 e. The fourth-order valence-corrected chi connectivity index (χ4v) is 5.14. The van der Waals surface area contributed by atoms with Crippen molar-refractivity contribution in [2.45, 2.75) is 6.92 Å². The molecule has 2 aliphatic heterocycles. The number of nitrogens with two attached hydrogens (primary N) is 1. The largest absolute Gasteiger partial charge is 0.366 e. The van der Waals surface area contributed by atoms with Crippen LogP contribution in [0.15, 0.2) is 60.0 Å². The second kappa shape index (κ2) is 10.2. The average Bonchev–Trinajstić information content (AvgIpc) is 3.49. The molecule has 3 heterocycles. The van der Waals surface area contributed by atoms with Gasteiger partial charge in [-0.15, -0.1) is 0 Å². The number of rotatable bonds is 7. The molecular weight excluding hydrogens is 468 g/mol. The van der Waals surface area contributed by atoms with Gasteiger partial charge in [0.1, 0.15) is 0 Å². The molecule has 188 valence electrons. The van der Waals surface area contributed by atoms with Crippen molar-refractivity contribution in [3.8, 4) is 11.1 Å². The molecule has 2 aliphatic rings. The van der Waals surface area contributed by atoms with Crippen LogP contribution in [0.4, 0.5) is 11.6 Å². The van der Waals surface area contributed by atoms with Crippen molar-refractivity contribution in [3.05, 3.63) is 71.5 Å². The van der Waals surface area contributed by atoms with E-state index in [1.807, 2.05) is 42.2 Å². The zero-order valence-corrected chi connectivity index (χ0v) is 20.5. The lowest BCUT2D eigenvalue weighted by Crippen LogP contribution is -2.34. The molecule has 0 radical (unpaired) electrons. The smallest absolute Gasteiger partial charge is 0.256 e. The number of hydrazone groups is 1. The van der Waals surface area contributed by atoms with Gasteiger partial charge in [-0.1, -0.05) is 29.8 Å². The van der Waals surface area contributed by atoms with Gasteiger partial charge in [0.05, 0.1) is 17.5 Å². The quantitative estimate of drug-likeness (QED) is 0.339. The van der Waals surface area contributed by atoms with Gasteiger partial charge >= 0.3 is 0 Å². The van der Waals surface area contributed by atoms with E-state index in [0.29, 0.717) is 53.3 Å². The third-order valence-electron chi connectivity index (χ3n) is 6.94. The molecule has 10 heteroatoms. The van der Waals surface area contributed by atoms with Crippen LogP contribution >= 0.6 is 0 Å². The summed E-state index contributed by atoms with van der Waals surface area (Å²) in [4.78, 5) is 38.4. The summed E-state index contributed by atoms with van der Waals surface area (Å²) < 4.78 is 0. The van der Waals surface area contributed by atoms with E-state index in [1.165, 1.54) is 6.21 Å². The van der Waals surface area contributed by atoms with Crippen molar-refractivity contribution >= 4 is 35.9 Å². The lowest BCUT2D eigenvalue weighted by molar-refractivity contribution is 0.0783. The molecule has 0 bridgehead atoms. The van der Waals surface area contributed by atoms with E-state index in [1.54, 1.807) is 24.5 Å². The number of aromatic nitrogens is 2. The summed E-state index contributed by atoms with van der Waals surface area (Å²) in [6.07, 6.45) is 5.85. The molecule has 1 aromatic heterocycles. The van der Waals surface area contributed by atoms with E-state index in [2.05, 4.69) is 25.4 Å². The van der Waals surface area contributed by atoms with E-state index in [0.717, 1.165) is 30.4 Å². The Hall–Kier alpha value is -4.60. The van der Waals surface area contributed by atoms with Crippen LogP contribution in [0, 0.1) is 24.2 Å². The number of hydrogen-bond acceptors (Lipinski definition) is 8. The monoisotopic (exact) mass is 496 g/mol. The fraction of sp³-hybridized carbons (Fsp3) is 0.259. The number of carbonyl (C=O) groups excluding carboxylic acids is 2. The Kier molecular flexibility index (Phi) is 6.63. The molecule has 5 rings (SSSR count). The van der Waals surface area contributed by atoms with Crippen LogP contribution in [0.3, 0.4) is 0 Å². The van der Waals surface area contributed by atoms with Gasteiger partial charge < -0.3 is 20.9 Å². The van der Waals surface area contributed by atoms with Crippen LogP contribution in [-0.2, 0) is 0 Å². The molecule has 0 spiro atoms. The predicted molar refractivity (Wildman–Crippen MR) is 143 cm³/mol. The van der Waals surface area contributed by atoms with Crippen molar-refractivity contribution in [1.82, 2.24) is 14.9 Å². The van der Waals surface area contributed by atoms with Gasteiger partial charge in [0, 0.05) is 67.8 Å². The van der Waals surface area contributed by atoms with E-state index < -0.39 is 5.91 Å². The maximum atomic E-state index is 13.4. The summed E-state index contributed by atoms with van der Waals surface area (Å²) in [7, 11) is 0. The first-order valence-electron chi connectivity index (χ1n) is 12.1. The number of carbonyl (C=O) groups is 2. The molecule has 0 aliphatic carbocycles. The fourth-order valence-electron chi connectivity index (χ4n) is 5.14. The van der Waals surface area contributed by atoms with Gasteiger partial charge in [0.25, 0.3) is 5.91 Å². The molecule has 10 nitrogen and oxygen atoms in total. The second-order valence-electron chi connectivity index (χ2n) is 9.42. The number of nitrogens with one attached hydrogen (secondary N) is 2. The standard InChI is InChI=1S/C27H28N8O2/c1-17-6-7-24(33-32-9-8-28)23(10-17)26(37)34-13-19-15-35(16-20(19)14-34)27-30-11-18(12-31-27)21-4-2-3-5-22(21)25(29)36/h2-12,19-20,28,33H,13-16H2,1H3,(H2,29,36)/b28-8?,32-9-. The SMILES string of the molecule is Cc1ccc(N/N=C\C=N)c(C(=O)N2CC3CN(c4ncc(-c5ccccc5C(N)=O)cn4)CC3C2)c1. The summed E-state index contributed by atoms with van der Waals surface area (Å²) in [6.45, 7) is 4.83. The topological polar surface area (TPSA) is 141 Å². The van der Waals surface area contributed by atoms with Crippen LogP contribution in [0.25, 0.3) is 11.1 Å². The third kappa shape index (κ3) is 4.90. The van der Waals surface area contributed by atoms with E-state index in [-0.39, 0.29) is 5.91 Å². The number of hydrogen-bond donors (Lipinski definition) is 3. The summed E-state index contributed by atoms with van der Waals surface area (Å²) in [5.41, 5.74) is 12.5. The second-order valence-corrected chi connectivity index (χ2v) is 9.42. The number of primary amides is 1. The third-order valence-corrected chi connectivity index (χ3v) is 6.94. The first-order chi connectivity index (χ1) is 17.9. The molecule has 0 saturated carbocycles. The number of benzene rings is 2. The highest BCUT2D eigenvalue weighted by atomic mass is 16.2. The number of amides is 2. The number of anilines is 2. The molecule has 3 aromatic rings. The molecule has 37 heavy (non-hydrogen) atoms. The number of fused-ring (bicyclic) bond motifs is 1. The number of aryl methyl sites for hydroxylation is 1. The summed E-state index contributed by atoms with van der Waals surface area (Å²) >= 11 is 0. The van der Waals surface area contributed by atoms with E-state index in [4.69, 9.17) is 11.1 Å². The number of nitrogens with zero attached hydrogens (tertiary/aromatic N) is 5. The Balaban J connectivity index is 1.26. The maximum absolute atomic E-state index is 13.4. The minimum absolute atomic E-state index is 0.0223. The van der Waals surface area contributed by atoms with Crippen LogP contribution < -0.4 is 16.1 Å². The van der Waals surface area contributed by atoms with Crippen molar-refractivity contribution < 1.29 is 9.59 Å². The summed E-state index contributed by atoms with van der Waals surface area (Å²) in [5, 5.41) is 11.0. The summed E-state index contributed by atoms with van der Waals surface area (Å²) in [5.74, 6) is 0.798. The minimum atomic E-state index is -0.487. The average molecular weight is 497 g/mol. The van der Waals surface area contributed by atoms with Gasteiger partial charge in [-0.05, 0) is 30.7 Å². The highest BCUT2D eigenvalue weighted by Crippen LogP contribution is 2.34. The van der Waals surface area contributed by atoms with Gasteiger partial charge in [0.15, 0.2) is 0 Å². The Labute approximate surface area is 214 Å². The Morgan fingerprint density at radius 1 is 1.05 bits per heavy atom. The molecule has 2 fully saturated rings. The van der Waals surface area contributed by atoms with Gasteiger partial charge in [-0.25, -0.2) is 9.97 Å². The zero-order valence-electron chi connectivity index (χ0n) is 20.5.